The molecule has 0 N–H and O–H groups in total. The number of aromatic nitrogens is 4. The minimum Gasteiger partial charge on any atom is -0.871 e. The van der Waals surface area contributed by atoms with Gasteiger partial charge in [-0.05, 0) is 50.2 Å². The summed E-state index contributed by atoms with van der Waals surface area (Å²) in [6.45, 7) is 3.20. The van der Waals surface area contributed by atoms with Crippen molar-refractivity contribution in [1.29, 1.82) is 0 Å². The average Bonchev–Trinajstić information content (AvgIpc) is 3.56. The van der Waals surface area contributed by atoms with Crippen LogP contribution in [0, 0.1) is 34.1 Å². The number of para-hydroxylation sites is 2. The minimum absolute atomic E-state index is 0. The molecule has 0 aliphatic rings. The smallest absolute Gasteiger partial charge is 0.268 e. The first kappa shape index (κ1) is 36.9. The van der Waals surface area contributed by atoms with Crippen molar-refractivity contribution in [3.8, 4) is 34.6 Å². The number of azo groups is 2. The van der Waals surface area contributed by atoms with Crippen LogP contribution in [0.4, 0.5) is 34.1 Å². The number of non-ortho nitro benzene ring substituents is 2. The monoisotopic (exact) mass is 726 g/mol. The predicted octanol–water partition coefficient (Wildman–Crippen LogP) is 5.30. The van der Waals surface area contributed by atoms with E-state index in [1.165, 1.54) is 21.5 Å². The second-order valence-corrected chi connectivity index (χ2v) is 10.2. The molecule has 0 radical (unpaired) electrons. The van der Waals surface area contributed by atoms with Gasteiger partial charge >= 0.3 is 0 Å². The van der Waals surface area contributed by atoms with Crippen LogP contribution in [0.25, 0.3) is 11.4 Å². The Morgan fingerprint density at radius 1 is 0.549 bits per heavy atom. The van der Waals surface area contributed by atoms with Crippen molar-refractivity contribution >= 4 is 34.1 Å². The number of aryl methyl sites for hydroxylation is 2. The Morgan fingerprint density at radius 3 is 1.22 bits per heavy atom. The van der Waals surface area contributed by atoms with Crippen LogP contribution in [0.5, 0.6) is 23.3 Å². The Morgan fingerprint density at radius 2 is 0.902 bits per heavy atom. The fourth-order valence-corrected chi connectivity index (χ4v) is 4.32. The molecule has 0 unspecified atom stereocenters. The Bertz CT molecular complexity index is 2100. The minimum atomic E-state index is -0.674. The van der Waals surface area contributed by atoms with E-state index in [1.807, 2.05) is 12.1 Å². The maximum absolute atomic E-state index is 12.4. The van der Waals surface area contributed by atoms with Gasteiger partial charge in [-0.2, -0.15) is 20.4 Å². The molecule has 6 rings (SSSR count). The third-order valence-corrected chi connectivity index (χ3v) is 6.80. The molecule has 258 valence electrons. The summed E-state index contributed by atoms with van der Waals surface area (Å²) < 4.78 is 2.38. The first-order valence-electron chi connectivity index (χ1n) is 14.3. The standard InChI is InChI=1S/2C16H13N5O4.Cr/c2*1-10-15(16(23)20(19-10)11-5-3-2-4-6-11)18-17-13-8-7-12(21(24)25)9-14(13)22;/h2*2-9,22-23H,1H3;/p-4. The van der Waals surface area contributed by atoms with E-state index in [4.69, 9.17) is 0 Å². The molecule has 0 aliphatic heterocycles. The van der Waals surface area contributed by atoms with Crippen LogP contribution in [0.1, 0.15) is 11.4 Å². The van der Waals surface area contributed by atoms with Gasteiger partial charge in [-0.25, -0.2) is 9.36 Å². The molecule has 19 heteroatoms. The summed E-state index contributed by atoms with van der Waals surface area (Å²) in [5.41, 5.74) is 1.01. The van der Waals surface area contributed by atoms with Crippen LogP contribution in [0.3, 0.4) is 0 Å². The van der Waals surface area contributed by atoms with E-state index in [0.29, 0.717) is 22.8 Å². The summed E-state index contributed by atoms with van der Waals surface area (Å²) >= 11 is 0. The quantitative estimate of drug-likeness (QED) is 0.111. The number of benzene rings is 4. The van der Waals surface area contributed by atoms with E-state index >= 15 is 0 Å². The molecule has 0 saturated carbocycles. The molecule has 0 fully saturated rings. The van der Waals surface area contributed by atoms with Gasteiger partial charge in [0.1, 0.15) is 11.4 Å². The molecule has 0 bridgehead atoms. The Kier molecular flexibility index (Phi) is 11.5. The van der Waals surface area contributed by atoms with Crippen molar-refractivity contribution in [1.82, 2.24) is 19.6 Å². The Balaban J connectivity index is 0.000000224. The molecule has 0 spiro atoms. The van der Waals surface area contributed by atoms with Crippen molar-refractivity contribution in [3.63, 3.8) is 0 Å². The molecular weight excluding hydrogens is 704 g/mol. The van der Waals surface area contributed by atoms with E-state index in [1.54, 1.807) is 62.4 Å². The van der Waals surface area contributed by atoms with Crippen LogP contribution < -0.4 is 20.4 Å². The number of hydrogen-bond donors (Lipinski definition) is 0. The molecule has 51 heavy (non-hydrogen) atoms. The molecule has 0 aliphatic carbocycles. The van der Waals surface area contributed by atoms with E-state index in [9.17, 15) is 40.7 Å². The maximum Gasteiger partial charge on any atom is 0.268 e. The number of nitrogens with zero attached hydrogens (tertiary/aromatic N) is 10. The van der Waals surface area contributed by atoms with Crippen molar-refractivity contribution < 1.29 is 47.6 Å². The molecule has 2 aromatic heterocycles. The van der Waals surface area contributed by atoms with E-state index in [0.717, 1.165) is 24.3 Å². The molecule has 0 saturated heterocycles. The van der Waals surface area contributed by atoms with Gasteiger partial charge in [-0.3, -0.25) is 20.2 Å². The largest absolute Gasteiger partial charge is 0.871 e. The van der Waals surface area contributed by atoms with Gasteiger partial charge in [0.25, 0.3) is 11.4 Å². The molecule has 4 aromatic carbocycles. The van der Waals surface area contributed by atoms with Crippen molar-refractivity contribution in [2.45, 2.75) is 13.8 Å². The number of nitro benzene ring substituents is 2. The van der Waals surface area contributed by atoms with Crippen molar-refractivity contribution in [3.05, 3.63) is 129 Å². The van der Waals surface area contributed by atoms with E-state index in [2.05, 4.69) is 30.7 Å². The molecule has 0 atom stereocenters. The molecular formula is C32H22CrN10O8-4. The van der Waals surface area contributed by atoms with Crippen LogP contribution in [0.15, 0.2) is 118 Å². The second kappa shape index (κ2) is 16.0. The van der Waals surface area contributed by atoms with Crippen LogP contribution in [-0.4, -0.2) is 29.4 Å². The van der Waals surface area contributed by atoms with Crippen molar-refractivity contribution in [2.24, 2.45) is 20.5 Å². The Labute approximate surface area is 298 Å². The van der Waals surface area contributed by atoms with Crippen LogP contribution in [0.2, 0.25) is 0 Å². The fourth-order valence-electron chi connectivity index (χ4n) is 4.32. The van der Waals surface area contributed by atoms with Gasteiger partial charge in [0.15, 0.2) is 0 Å². The van der Waals surface area contributed by atoms with Crippen LogP contribution in [-0.2, 0) is 17.4 Å². The normalized spacial score (nSPS) is 10.9. The number of rotatable bonds is 8. The maximum atomic E-state index is 12.4. The first-order valence-corrected chi connectivity index (χ1v) is 14.3. The first-order chi connectivity index (χ1) is 23.9. The predicted molar refractivity (Wildman–Crippen MR) is 169 cm³/mol. The molecule has 2 heterocycles. The summed E-state index contributed by atoms with van der Waals surface area (Å²) in [5, 5.41) is 93.1. The van der Waals surface area contributed by atoms with Crippen LogP contribution >= 0.6 is 0 Å². The van der Waals surface area contributed by atoms with Gasteiger partial charge < -0.3 is 20.4 Å². The fraction of sp³-hybridized carbons (Fsp3) is 0.0625. The third kappa shape index (κ3) is 8.37. The van der Waals surface area contributed by atoms with Crippen molar-refractivity contribution in [2.75, 3.05) is 0 Å². The zero-order chi connectivity index (χ0) is 35.9. The average molecular weight is 727 g/mol. The van der Waals surface area contributed by atoms with E-state index < -0.39 is 33.1 Å². The summed E-state index contributed by atoms with van der Waals surface area (Å²) in [7, 11) is 0. The van der Waals surface area contributed by atoms with Gasteiger partial charge in [0.2, 0.25) is 0 Å². The molecule has 6 aromatic rings. The Hall–Kier alpha value is -6.97. The van der Waals surface area contributed by atoms with Gasteiger partial charge in [0, 0.05) is 53.4 Å². The molecule has 18 nitrogen and oxygen atoms in total. The van der Waals surface area contributed by atoms with Gasteiger partial charge in [-0.15, -0.1) is 10.2 Å². The number of hydrogen-bond acceptors (Lipinski definition) is 14. The molecule has 0 amide bonds. The zero-order valence-corrected chi connectivity index (χ0v) is 27.7. The third-order valence-electron chi connectivity index (χ3n) is 6.80. The second-order valence-electron chi connectivity index (χ2n) is 10.2. The summed E-state index contributed by atoms with van der Waals surface area (Å²) in [4.78, 5) is 19.9. The summed E-state index contributed by atoms with van der Waals surface area (Å²) in [6.07, 6.45) is 0. The zero-order valence-electron chi connectivity index (χ0n) is 26.4. The topological polar surface area (TPSA) is 264 Å². The summed E-state index contributed by atoms with van der Waals surface area (Å²) in [5.74, 6) is -2.25. The SMILES string of the molecule is Cc1nn(-c2ccccc2)c([O-])c1N=Nc1ccc([N+](=O)[O-])cc1[O-].Cc1nn(-c2ccccc2)c([O-])c1N=Nc1ccc([N+](=O)[O-])cc1[O-].[Cr]. The summed E-state index contributed by atoms with van der Waals surface area (Å²) in [6, 6.07) is 24.0. The van der Waals surface area contributed by atoms with Gasteiger partial charge in [-0.1, -0.05) is 47.9 Å². The van der Waals surface area contributed by atoms with E-state index in [-0.39, 0.29) is 51.5 Å². The number of nitro groups is 2. The van der Waals surface area contributed by atoms with Gasteiger partial charge in [0.05, 0.1) is 44.0 Å².